The van der Waals surface area contributed by atoms with Gasteiger partial charge in [0.25, 0.3) is 10.0 Å². The van der Waals surface area contributed by atoms with Crippen molar-refractivity contribution >= 4 is 25.8 Å². The summed E-state index contributed by atoms with van der Waals surface area (Å²) in [5.41, 5.74) is 3.15. The molecule has 0 saturated carbocycles. The first kappa shape index (κ1) is 24.1. The van der Waals surface area contributed by atoms with Crippen LogP contribution in [0.3, 0.4) is 0 Å². The molecule has 0 fully saturated rings. The Kier molecular flexibility index (Phi) is 7.19. The monoisotopic (exact) mass is 476 g/mol. The van der Waals surface area contributed by atoms with Crippen LogP contribution in [0.15, 0.2) is 75.6 Å². The lowest BCUT2D eigenvalue weighted by atomic mass is 10.0. The zero-order valence-corrected chi connectivity index (χ0v) is 20.0. The third-order valence-electron chi connectivity index (χ3n) is 4.95. The third-order valence-corrected chi connectivity index (χ3v) is 7.83. The molecule has 1 aliphatic rings. The fourth-order valence-electron chi connectivity index (χ4n) is 3.39. The zero-order chi connectivity index (χ0) is 23.5. The average Bonchev–Trinajstić information content (AvgIpc) is 2.66. The van der Waals surface area contributed by atoms with E-state index in [1.807, 2.05) is 13.8 Å². The van der Waals surface area contributed by atoms with E-state index in [2.05, 4.69) is 21.2 Å². The summed E-state index contributed by atoms with van der Waals surface area (Å²) < 4.78 is 53.7. The Labute approximate surface area is 190 Å². The lowest BCUT2D eigenvalue weighted by Gasteiger charge is -2.28. The standard InChI is InChI=1S/C22H28N4O4S2/c1-16-5-9-21(10-6-16)31(27,28)24-20-13-18(3)15-26(23-19(4)14-20)25-32(29,30)22-11-7-17(2)8-12-22/h5-12,20,24-25H,3,13-15H2,1-2,4H3. The van der Waals surface area contributed by atoms with Crippen molar-refractivity contribution in [1.29, 1.82) is 0 Å². The summed E-state index contributed by atoms with van der Waals surface area (Å²) in [5.74, 6) is 0. The number of hydrogen-bond acceptors (Lipinski definition) is 6. The second-order valence-corrected chi connectivity index (χ2v) is 11.5. The molecular formula is C22H28N4O4S2. The molecule has 2 N–H and O–H groups in total. The Hall–Kier alpha value is -2.53. The van der Waals surface area contributed by atoms with Crippen molar-refractivity contribution in [3.8, 4) is 0 Å². The number of aryl methyl sites for hydroxylation is 2. The second kappa shape index (κ2) is 9.53. The van der Waals surface area contributed by atoms with Gasteiger partial charge in [-0.1, -0.05) is 47.5 Å². The molecule has 0 spiro atoms. The number of sulfonamides is 2. The Balaban J connectivity index is 1.75. The number of nitrogens with zero attached hydrogens (tertiary/aromatic N) is 2. The van der Waals surface area contributed by atoms with Gasteiger partial charge in [0.2, 0.25) is 10.0 Å². The van der Waals surface area contributed by atoms with Gasteiger partial charge in [-0.2, -0.15) is 5.10 Å². The van der Waals surface area contributed by atoms with Crippen LogP contribution in [-0.4, -0.2) is 40.3 Å². The molecule has 0 aromatic heterocycles. The Morgan fingerprint density at radius 2 is 1.34 bits per heavy atom. The minimum Gasteiger partial charge on any atom is -0.212 e. The number of hydrogen-bond donors (Lipinski definition) is 2. The molecule has 0 bridgehead atoms. The largest absolute Gasteiger partial charge is 0.258 e. The molecular weight excluding hydrogens is 448 g/mol. The van der Waals surface area contributed by atoms with E-state index in [0.717, 1.165) is 11.1 Å². The fraction of sp³-hybridized carbons (Fsp3) is 0.318. The zero-order valence-electron chi connectivity index (χ0n) is 18.4. The second-order valence-electron chi connectivity index (χ2n) is 8.09. The molecule has 32 heavy (non-hydrogen) atoms. The normalized spacial score (nSPS) is 18.1. The van der Waals surface area contributed by atoms with Gasteiger partial charge in [0.15, 0.2) is 0 Å². The molecule has 0 amide bonds. The fourth-order valence-corrected chi connectivity index (χ4v) is 5.60. The number of hydrazine groups is 1. The minimum atomic E-state index is -3.82. The van der Waals surface area contributed by atoms with E-state index in [4.69, 9.17) is 0 Å². The quantitative estimate of drug-likeness (QED) is 0.624. The van der Waals surface area contributed by atoms with Gasteiger partial charge in [-0.25, -0.2) is 26.7 Å². The van der Waals surface area contributed by atoms with Crippen molar-refractivity contribution in [3.05, 3.63) is 71.8 Å². The molecule has 0 saturated heterocycles. The summed E-state index contributed by atoms with van der Waals surface area (Å²) in [7, 11) is -7.52. The number of nitrogens with one attached hydrogen (secondary N) is 2. The first-order valence-electron chi connectivity index (χ1n) is 10.1. The number of hydrazone groups is 1. The van der Waals surface area contributed by atoms with Gasteiger partial charge in [0.1, 0.15) is 0 Å². The predicted molar refractivity (Wildman–Crippen MR) is 125 cm³/mol. The molecule has 10 heteroatoms. The van der Waals surface area contributed by atoms with Crippen LogP contribution in [0, 0.1) is 13.8 Å². The lowest BCUT2D eigenvalue weighted by Crippen LogP contribution is -2.43. The van der Waals surface area contributed by atoms with E-state index in [-0.39, 0.29) is 16.3 Å². The van der Waals surface area contributed by atoms with Crippen LogP contribution in [0.2, 0.25) is 0 Å². The van der Waals surface area contributed by atoms with Crippen molar-refractivity contribution in [2.75, 3.05) is 6.54 Å². The third kappa shape index (κ3) is 6.26. The van der Waals surface area contributed by atoms with E-state index >= 15 is 0 Å². The molecule has 172 valence electrons. The summed E-state index contributed by atoms with van der Waals surface area (Å²) in [6.07, 6.45) is 0.660. The van der Waals surface area contributed by atoms with Crippen LogP contribution in [0.4, 0.5) is 0 Å². The Morgan fingerprint density at radius 1 is 0.844 bits per heavy atom. The van der Waals surface area contributed by atoms with Crippen molar-refractivity contribution < 1.29 is 16.8 Å². The maximum Gasteiger partial charge on any atom is 0.258 e. The number of rotatable bonds is 6. The Bertz CT molecular complexity index is 1220. The van der Waals surface area contributed by atoms with Crippen LogP contribution in [0.25, 0.3) is 0 Å². The van der Waals surface area contributed by atoms with Crippen LogP contribution in [0.1, 0.15) is 30.9 Å². The summed E-state index contributed by atoms with van der Waals surface area (Å²) in [6, 6.07) is 12.7. The first-order valence-corrected chi connectivity index (χ1v) is 13.1. The van der Waals surface area contributed by atoms with E-state index < -0.39 is 26.1 Å². The Morgan fingerprint density at radius 3 is 1.88 bits per heavy atom. The highest BCUT2D eigenvalue weighted by Crippen LogP contribution is 2.18. The highest BCUT2D eigenvalue weighted by molar-refractivity contribution is 7.89. The predicted octanol–water partition coefficient (Wildman–Crippen LogP) is 2.87. The molecule has 1 aliphatic heterocycles. The topological polar surface area (TPSA) is 108 Å². The van der Waals surface area contributed by atoms with Crippen molar-refractivity contribution in [2.45, 2.75) is 49.4 Å². The van der Waals surface area contributed by atoms with Gasteiger partial charge in [0.05, 0.1) is 16.3 Å². The number of benzene rings is 2. The van der Waals surface area contributed by atoms with Crippen molar-refractivity contribution in [1.82, 2.24) is 14.7 Å². The minimum absolute atomic E-state index is 0.116. The van der Waals surface area contributed by atoms with Crippen LogP contribution < -0.4 is 9.55 Å². The van der Waals surface area contributed by atoms with Gasteiger partial charge in [-0.05, 0) is 51.5 Å². The van der Waals surface area contributed by atoms with Gasteiger partial charge in [-0.15, -0.1) is 4.83 Å². The van der Waals surface area contributed by atoms with E-state index in [1.54, 1.807) is 43.3 Å². The molecule has 2 aromatic carbocycles. The first-order chi connectivity index (χ1) is 14.9. The van der Waals surface area contributed by atoms with Crippen LogP contribution >= 0.6 is 0 Å². The molecule has 1 heterocycles. The molecule has 0 aliphatic carbocycles. The van der Waals surface area contributed by atoms with E-state index in [9.17, 15) is 16.8 Å². The maximum atomic E-state index is 12.8. The van der Waals surface area contributed by atoms with E-state index in [0.29, 0.717) is 24.1 Å². The molecule has 1 unspecified atom stereocenters. The van der Waals surface area contributed by atoms with Gasteiger partial charge in [-0.3, -0.25) is 0 Å². The summed E-state index contributed by atoms with van der Waals surface area (Å²) in [4.78, 5) is 2.80. The SMILES string of the molecule is C=C1CC(NS(=O)(=O)c2ccc(C)cc2)CC(C)=NN(NS(=O)(=O)c2ccc(C)cc2)C1. The molecule has 8 nitrogen and oxygen atoms in total. The molecule has 1 atom stereocenters. The van der Waals surface area contributed by atoms with Crippen molar-refractivity contribution in [3.63, 3.8) is 0 Å². The van der Waals surface area contributed by atoms with Crippen molar-refractivity contribution in [2.24, 2.45) is 5.10 Å². The maximum absolute atomic E-state index is 12.8. The van der Waals surface area contributed by atoms with Gasteiger partial charge in [0, 0.05) is 18.2 Å². The highest BCUT2D eigenvalue weighted by Gasteiger charge is 2.25. The van der Waals surface area contributed by atoms with Gasteiger partial charge >= 0.3 is 0 Å². The average molecular weight is 477 g/mol. The lowest BCUT2D eigenvalue weighted by molar-refractivity contribution is 0.266. The van der Waals surface area contributed by atoms with Gasteiger partial charge < -0.3 is 0 Å². The highest BCUT2D eigenvalue weighted by atomic mass is 32.2. The van der Waals surface area contributed by atoms with Crippen LogP contribution in [0.5, 0.6) is 0 Å². The smallest absolute Gasteiger partial charge is 0.212 e. The summed E-state index contributed by atoms with van der Waals surface area (Å²) >= 11 is 0. The summed E-state index contributed by atoms with van der Waals surface area (Å²) in [5, 5.41) is 5.58. The summed E-state index contributed by atoms with van der Waals surface area (Å²) in [6.45, 7) is 9.60. The molecule has 2 aromatic rings. The molecule has 0 radical (unpaired) electrons. The molecule has 3 rings (SSSR count). The van der Waals surface area contributed by atoms with E-state index in [1.165, 1.54) is 17.3 Å². The van der Waals surface area contributed by atoms with Crippen LogP contribution in [-0.2, 0) is 20.0 Å².